The molecular weight excluding hydrogens is 244 g/mol. The van der Waals surface area contributed by atoms with Crippen molar-refractivity contribution in [3.63, 3.8) is 0 Å². The Labute approximate surface area is 104 Å². The fraction of sp³-hybridized carbons (Fsp3) is 0.500. The highest BCUT2D eigenvalue weighted by atomic mass is 19.3. The molecule has 0 aliphatic rings. The van der Waals surface area contributed by atoms with E-state index in [2.05, 4.69) is 4.98 Å². The molecule has 0 aromatic carbocycles. The molecule has 1 heterocycles. The van der Waals surface area contributed by atoms with Gasteiger partial charge in [0.25, 0.3) is 6.43 Å². The smallest absolute Gasteiger partial charge is 0.311 e. The summed E-state index contributed by atoms with van der Waals surface area (Å²) in [5, 5.41) is 0. The zero-order valence-corrected chi connectivity index (χ0v) is 10.5. The molecule has 0 fully saturated rings. The van der Waals surface area contributed by atoms with Gasteiger partial charge in [0.1, 0.15) is 0 Å². The lowest BCUT2D eigenvalue weighted by Gasteiger charge is -2.11. The molecule has 0 aliphatic heterocycles. The van der Waals surface area contributed by atoms with E-state index in [0.717, 1.165) is 0 Å². The lowest BCUT2D eigenvalue weighted by molar-refractivity contribution is -0.142. The highest BCUT2D eigenvalue weighted by molar-refractivity contribution is 5.72. The number of halogens is 2. The van der Waals surface area contributed by atoms with Crippen LogP contribution in [-0.2, 0) is 16.0 Å². The quantitative estimate of drug-likeness (QED) is 0.762. The first-order valence-electron chi connectivity index (χ1n) is 5.47. The van der Waals surface area contributed by atoms with Gasteiger partial charge in [0, 0.05) is 0 Å². The van der Waals surface area contributed by atoms with Crippen molar-refractivity contribution in [3.05, 3.63) is 22.9 Å². The Morgan fingerprint density at radius 2 is 2.17 bits per heavy atom. The summed E-state index contributed by atoms with van der Waals surface area (Å²) >= 11 is 0. The Kier molecular flexibility index (Phi) is 5.00. The largest absolute Gasteiger partial charge is 0.481 e. The second-order valence-electron chi connectivity index (χ2n) is 3.63. The predicted octanol–water partition coefficient (Wildman–Crippen LogP) is 2.44. The van der Waals surface area contributed by atoms with E-state index in [1.807, 2.05) is 0 Å². The Balaban J connectivity index is 3.04. The summed E-state index contributed by atoms with van der Waals surface area (Å²) in [6.07, 6.45) is -2.72. The van der Waals surface area contributed by atoms with Gasteiger partial charge in [-0.3, -0.25) is 4.79 Å². The van der Waals surface area contributed by atoms with E-state index in [4.69, 9.17) is 9.47 Å². The summed E-state index contributed by atoms with van der Waals surface area (Å²) in [5.74, 6) is -0.602. The zero-order valence-electron chi connectivity index (χ0n) is 10.5. The lowest BCUT2D eigenvalue weighted by atomic mass is 10.1. The number of pyridine rings is 1. The topological polar surface area (TPSA) is 48.4 Å². The number of aromatic nitrogens is 1. The summed E-state index contributed by atoms with van der Waals surface area (Å²) in [5.41, 5.74) is 0.622. The standard InChI is InChI=1S/C12H15F2NO3/c1-4-18-10(16)6-9-7(2)5-8(11(13)14)12(15-9)17-3/h5,11H,4,6H2,1-3H3. The van der Waals surface area contributed by atoms with Crippen LogP contribution in [0, 0.1) is 6.92 Å². The Bertz CT molecular complexity index is 436. The molecule has 4 nitrogen and oxygen atoms in total. The van der Waals surface area contributed by atoms with Crippen LogP contribution in [0.5, 0.6) is 5.88 Å². The highest BCUT2D eigenvalue weighted by Crippen LogP contribution is 2.29. The van der Waals surface area contributed by atoms with Crippen LogP contribution in [0.15, 0.2) is 6.07 Å². The fourth-order valence-corrected chi connectivity index (χ4v) is 1.50. The average molecular weight is 259 g/mol. The van der Waals surface area contributed by atoms with Crippen LogP contribution >= 0.6 is 0 Å². The van der Waals surface area contributed by atoms with Crippen LogP contribution in [0.1, 0.15) is 30.2 Å². The van der Waals surface area contributed by atoms with Gasteiger partial charge in [-0.1, -0.05) is 0 Å². The number of hydrogen-bond donors (Lipinski definition) is 0. The van der Waals surface area contributed by atoms with Crippen molar-refractivity contribution in [2.24, 2.45) is 0 Å². The minimum Gasteiger partial charge on any atom is -0.481 e. The number of alkyl halides is 2. The molecule has 0 N–H and O–H groups in total. The van der Waals surface area contributed by atoms with Gasteiger partial charge < -0.3 is 9.47 Å². The van der Waals surface area contributed by atoms with Gasteiger partial charge in [0.2, 0.25) is 5.88 Å². The number of carbonyl (C=O) groups excluding carboxylic acids is 1. The van der Waals surface area contributed by atoms with E-state index >= 15 is 0 Å². The monoisotopic (exact) mass is 259 g/mol. The number of ether oxygens (including phenoxy) is 2. The number of esters is 1. The SMILES string of the molecule is CCOC(=O)Cc1nc(OC)c(C(F)F)cc1C. The van der Waals surface area contributed by atoms with E-state index in [0.29, 0.717) is 11.3 Å². The molecule has 0 aliphatic carbocycles. The van der Waals surface area contributed by atoms with Crippen LogP contribution in [0.25, 0.3) is 0 Å². The molecule has 0 amide bonds. The van der Waals surface area contributed by atoms with E-state index in [1.165, 1.54) is 13.2 Å². The first-order chi connectivity index (χ1) is 8.49. The minimum atomic E-state index is -2.66. The van der Waals surface area contributed by atoms with Gasteiger partial charge in [0.05, 0.1) is 31.4 Å². The first-order valence-corrected chi connectivity index (χ1v) is 5.47. The van der Waals surface area contributed by atoms with E-state index in [9.17, 15) is 13.6 Å². The van der Waals surface area contributed by atoms with Gasteiger partial charge in [-0.25, -0.2) is 13.8 Å². The Hall–Kier alpha value is -1.72. The molecule has 0 radical (unpaired) electrons. The second-order valence-corrected chi connectivity index (χ2v) is 3.63. The van der Waals surface area contributed by atoms with Gasteiger partial charge in [-0.05, 0) is 25.5 Å². The van der Waals surface area contributed by atoms with Gasteiger partial charge in [-0.15, -0.1) is 0 Å². The average Bonchev–Trinajstić information content (AvgIpc) is 2.31. The number of hydrogen-bond acceptors (Lipinski definition) is 4. The first kappa shape index (κ1) is 14.3. The molecule has 1 rings (SSSR count). The Morgan fingerprint density at radius 3 is 2.67 bits per heavy atom. The van der Waals surface area contributed by atoms with Crippen molar-refractivity contribution in [2.75, 3.05) is 13.7 Å². The normalized spacial score (nSPS) is 10.6. The molecule has 0 unspecified atom stereocenters. The zero-order chi connectivity index (χ0) is 13.7. The van der Waals surface area contributed by atoms with Crippen LogP contribution in [0.4, 0.5) is 8.78 Å². The summed E-state index contributed by atoms with van der Waals surface area (Å²) in [6, 6.07) is 1.28. The molecule has 0 spiro atoms. The summed E-state index contributed by atoms with van der Waals surface area (Å²) in [4.78, 5) is 15.3. The molecule has 1 aromatic rings. The van der Waals surface area contributed by atoms with Gasteiger partial charge in [0.15, 0.2) is 0 Å². The fourth-order valence-electron chi connectivity index (χ4n) is 1.50. The molecule has 100 valence electrons. The van der Waals surface area contributed by atoms with Crippen LogP contribution in [-0.4, -0.2) is 24.7 Å². The number of carbonyl (C=O) groups is 1. The molecule has 0 saturated heterocycles. The van der Waals surface area contributed by atoms with Gasteiger partial charge in [-0.2, -0.15) is 0 Å². The lowest BCUT2D eigenvalue weighted by Crippen LogP contribution is -2.11. The van der Waals surface area contributed by atoms with Crippen molar-refractivity contribution in [1.82, 2.24) is 4.98 Å². The maximum atomic E-state index is 12.7. The maximum absolute atomic E-state index is 12.7. The third-order valence-electron chi connectivity index (χ3n) is 2.36. The van der Waals surface area contributed by atoms with Crippen molar-refractivity contribution in [3.8, 4) is 5.88 Å². The number of rotatable bonds is 5. The Morgan fingerprint density at radius 1 is 1.50 bits per heavy atom. The molecule has 0 atom stereocenters. The molecule has 18 heavy (non-hydrogen) atoms. The van der Waals surface area contributed by atoms with Crippen molar-refractivity contribution < 1.29 is 23.0 Å². The van der Waals surface area contributed by atoms with Crippen molar-refractivity contribution in [1.29, 1.82) is 0 Å². The second kappa shape index (κ2) is 6.28. The maximum Gasteiger partial charge on any atom is 0.311 e. The third-order valence-corrected chi connectivity index (χ3v) is 2.36. The van der Waals surface area contributed by atoms with E-state index < -0.39 is 12.4 Å². The summed E-state index contributed by atoms with van der Waals surface area (Å²) < 4.78 is 35.0. The summed E-state index contributed by atoms with van der Waals surface area (Å²) in [6.45, 7) is 3.58. The predicted molar refractivity (Wildman–Crippen MR) is 60.8 cm³/mol. The number of nitrogens with zero attached hydrogens (tertiary/aromatic N) is 1. The third kappa shape index (κ3) is 3.38. The summed E-state index contributed by atoms with van der Waals surface area (Å²) in [7, 11) is 1.26. The van der Waals surface area contributed by atoms with Gasteiger partial charge >= 0.3 is 5.97 Å². The van der Waals surface area contributed by atoms with E-state index in [-0.39, 0.29) is 24.5 Å². The number of methoxy groups -OCH3 is 1. The minimum absolute atomic E-state index is 0.0560. The molecule has 6 heteroatoms. The van der Waals surface area contributed by atoms with Crippen LogP contribution in [0.3, 0.4) is 0 Å². The van der Waals surface area contributed by atoms with E-state index in [1.54, 1.807) is 13.8 Å². The molecular formula is C12H15F2NO3. The van der Waals surface area contributed by atoms with Crippen LogP contribution in [0.2, 0.25) is 0 Å². The number of aryl methyl sites for hydroxylation is 1. The molecule has 0 bridgehead atoms. The van der Waals surface area contributed by atoms with Crippen molar-refractivity contribution in [2.45, 2.75) is 26.7 Å². The molecule has 0 saturated carbocycles. The highest BCUT2D eigenvalue weighted by Gasteiger charge is 2.19. The molecule has 1 aromatic heterocycles. The van der Waals surface area contributed by atoms with Crippen LogP contribution < -0.4 is 4.74 Å². The van der Waals surface area contributed by atoms with Crippen molar-refractivity contribution >= 4 is 5.97 Å².